The Morgan fingerprint density at radius 1 is 1.23 bits per heavy atom. The predicted molar refractivity (Wildman–Crippen MR) is 94.0 cm³/mol. The number of esters is 1. The lowest BCUT2D eigenvalue weighted by atomic mass is 10.2. The third-order valence-corrected chi connectivity index (χ3v) is 3.15. The number of ether oxygens (including phenoxy) is 3. The van der Waals surface area contributed by atoms with Crippen LogP contribution < -0.4 is 14.8 Å². The monoisotopic (exact) mass is 360 g/mol. The molecule has 26 heavy (non-hydrogen) atoms. The maximum Gasteiger partial charge on any atom is 0.344 e. The number of hydrogen-bond donors (Lipinski definition) is 1. The summed E-state index contributed by atoms with van der Waals surface area (Å²) in [4.78, 5) is 23.4. The van der Waals surface area contributed by atoms with Crippen LogP contribution in [0.4, 0.5) is 5.82 Å². The molecule has 8 nitrogen and oxygen atoms in total. The van der Waals surface area contributed by atoms with Crippen LogP contribution in [0.1, 0.15) is 18.2 Å². The van der Waals surface area contributed by atoms with Crippen LogP contribution in [0.2, 0.25) is 0 Å². The summed E-state index contributed by atoms with van der Waals surface area (Å²) in [6.45, 7) is 2.80. The first-order valence-electron chi connectivity index (χ1n) is 7.84. The Labute approximate surface area is 150 Å². The van der Waals surface area contributed by atoms with Gasteiger partial charge in [0.1, 0.15) is 5.76 Å². The first-order chi connectivity index (χ1) is 12.5. The largest absolute Gasteiger partial charge is 0.493 e. The zero-order chi connectivity index (χ0) is 18.9. The molecule has 138 valence electrons. The number of rotatable bonds is 8. The molecule has 0 saturated heterocycles. The molecule has 0 fully saturated rings. The minimum atomic E-state index is -0.684. The van der Waals surface area contributed by atoms with Crippen LogP contribution in [0.25, 0.3) is 6.08 Å². The number of nitrogens with zero attached hydrogens (tertiary/aromatic N) is 1. The van der Waals surface area contributed by atoms with E-state index < -0.39 is 18.5 Å². The third-order valence-electron chi connectivity index (χ3n) is 3.15. The van der Waals surface area contributed by atoms with Gasteiger partial charge >= 0.3 is 5.97 Å². The topological polar surface area (TPSA) is 99.9 Å². The molecule has 1 N–H and O–H groups in total. The number of hydrogen-bond acceptors (Lipinski definition) is 7. The Bertz CT molecular complexity index is 797. The first kappa shape index (κ1) is 19.0. The van der Waals surface area contributed by atoms with Gasteiger partial charge in [-0.3, -0.25) is 4.79 Å². The van der Waals surface area contributed by atoms with Gasteiger partial charge in [-0.05, 0) is 31.5 Å². The molecule has 0 radical (unpaired) electrons. The van der Waals surface area contributed by atoms with Crippen molar-refractivity contribution >= 4 is 23.8 Å². The van der Waals surface area contributed by atoms with Gasteiger partial charge in [-0.15, -0.1) is 0 Å². The van der Waals surface area contributed by atoms with E-state index in [1.54, 1.807) is 25.1 Å². The molecule has 0 aliphatic heterocycles. The summed E-state index contributed by atoms with van der Waals surface area (Å²) in [5.41, 5.74) is 0.944. The fraction of sp³-hybridized carbons (Fsp3) is 0.278. The van der Waals surface area contributed by atoms with E-state index in [-0.39, 0.29) is 12.4 Å². The quantitative estimate of drug-likeness (QED) is 0.722. The van der Waals surface area contributed by atoms with Gasteiger partial charge in [0.25, 0.3) is 5.91 Å². The van der Waals surface area contributed by atoms with Crippen molar-refractivity contribution in [3.8, 4) is 11.5 Å². The van der Waals surface area contributed by atoms with Crippen LogP contribution in [0.5, 0.6) is 11.5 Å². The SMILES string of the molecule is C/C=C/c1ccc(OCC(=O)OCC(=O)Nc2cc(C)on2)c(OC)c1. The number of methoxy groups -OCH3 is 1. The molecule has 0 atom stereocenters. The van der Waals surface area contributed by atoms with Gasteiger partial charge in [-0.1, -0.05) is 23.4 Å². The van der Waals surface area contributed by atoms with Crippen molar-refractivity contribution in [3.63, 3.8) is 0 Å². The number of amides is 1. The fourth-order valence-corrected chi connectivity index (χ4v) is 2.03. The molecule has 1 amide bonds. The highest BCUT2D eigenvalue weighted by Crippen LogP contribution is 2.28. The van der Waals surface area contributed by atoms with Crippen molar-refractivity contribution in [2.75, 3.05) is 25.6 Å². The van der Waals surface area contributed by atoms with E-state index in [4.69, 9.17) is 18.7 Å². The molecule has 1 aromatic carbocycles. The molecule has 1 heterocycles. The van der Waals surface area contributed by atoms with E-state index in [1.165, 1.54) is 7.11 Å². The fourth-order valence-electron chi connectivity index (χ4n) is 2.03. The summed E-state index contributed by atoms with van der Waals surface area (Å²) < 4.78 is 20.3. The van der Waals surface area contributed by atoms with E-state index in [9.17, 15) is 9.59 Å². The van der Waals surface area contributed by atoms with Crippen molar-refractivity contribution in [2.45, 2.75) is 13.8 Å². The molecule has 8 heteroatoms. The second-order valence-electron chi connectivity index (χ2n) is 5.23. The van der Waals surface area contributed by atoms with E-state index in [2.05, 4.69) is 10.5 Å². The lowest BCUT2D eigenvalue weighted by Crippen LogP contribution is -2.23. The van der Waals surface area contributed by atoms with Crippen LogP contribution in [-0.2, 0) is 14.3 Å². The van der Waals surface area contributed by atoms with Gasteiger partial charge < -0.3 is 24.1 Å². The summed E-state index contributed by atoms with van der Waals surface area (Å²) in [5, 5.41) is 6.05. The van der Waals surface area contributed by atoms with E-state index >= 15 is 0 Å². The molecular formula is C18H20N2O6. The molecule has 0 aliphatic rings. The Kier molecular flexibility index (Phi) is 6.78. The van der Waals surface area contributed by atoms with Crippen LogP contribution in [0.15, 0.2) is 34.9 Å². The van der Waals surface area contributed by atoms with Crippen LogP contribution >= 0.6 is 0 Å². The van der Waals surface area contributed by atoms with Gasteiger partial charge in [0.05, 0.1) is 7.11 Å². The normalized spacial score (nSPS) is 10.6. The van der Waals surface area contributed by atoms with Gasteiger partial charge in [-0.2, -0.15) is 0 Å². The number of carbonyl (C=O) groups is 2. The van der Waals surface area contributed by atoms with Gasteiger partial charge in [-0.25, -0.2) is 4.79 Å². The first-order valence-corrected chi connectivity index (χ1v) is 7.84. The highest BCUT2D eigenvalue weighted by atomic mass is 16.6. The number of aromatic nitrogens is 1. The Hall–Kier alpha value is -3.29. The van der Waals surface area contributed by atoms with Gasteiger partial charge in [0.2, 0.25) is 0 Å². The standard InChI is InChI=1S/C18H20N2O6/c1-4-5-13-6-7-14(15(9-13)23-3)24-11-18(22)25-10-17(21)19-16-8-12(2)26-20-16/h4-9H,10-11H2,1-3H3,(H,19,20,21)/b5-4+. The van der Waals surface area contributed by atoms with E-state index in [1.807, 2.05) is 25.1 Å². The van der Waals surface area contributed by atoms with Crippen molar-refractivity contribution in [1.29, 1.82) is 0 Å². The zero-order valence-corrected chi connectivity index (χ0v) is 14.8. The van der Waals surface area contributed by atoms with Crippen molar-refractivity contribution in [1.82, 2.24) is 5.16 Å². The Morgan fingerprint density at radius 3 is 2.69 bits per heavy atom. The van der Waals surface area contributed by atoms with Crippen molar-refractivity contribution < 1.29 is 28.3 Å². The number of allylic oxidation sites excluding steroid dienone is 1. The second kappa shape index (κ2) is 9.26. The number of carbonyl (C=O) groups excluding carboxylic acids is 2. The minimum absolute atomic E-state index is 0.255. The molecule has 2 rings (SSSR count). The maximum absolute atomic E-state index is 11.7. The number of benzene rings is 1. The Morgan fingerprint density at radius 2 is 2.04 bits per heavy atom. The van der Waals surface area contributed by atoms with E-state index in [0.717, 1.165) is 5.56 Å². The lowest BCUT2D eigenvalue weighted by molar-refractivity contribution is -0.149. The Balaban J connectivity index is 1.80. The number of aryl methyl sites for hydroxylation is 1. The molecule has 0 spiro atoms. The maximum atomic E-state index is 11.7. The molecule has 0 unspecified atom stereocenters. The molecule has 0 saturated carbocycles. The molecule has 2 aromatic rings. The summed E-state index contributed by atoms with van der Waals surface area (Å²) in [6.07, 6.45) is 3.81. The van der Waals surface area contributed by atoms with Crippen molar-refractivity contribution in [3.05, 3.63) is 41.7 Å². The number of anilines is 1. The molecule has 0 bridgehead atoms. The van der Waals surface area contributed by atoms with Crippen LogP contribution in [-0.4, -0.2) is 37.4 Å². The number of nitrogens with one attached hydrogen (secondary N) is 1. The highest BCUT2D eigenvalue weighted by Gasteiger charge is 2.12. The molecule has 0 aliphatic carbocycles. The average molecular weight is 360 g/mol. The summed E-state index contributed by atoms with van der Waals surface area (Å²) >= 11 is 0. The smallest absolute Gasteiger partial charge is 0.344 e. The molecular weight excluding hydrogens is 340 g/mol. The third kappa shape index (κ3) is 5.66. The van der Waals surface area contributed by atoms with E-state index in [0.29, 0.717) is 17.3 Å². The zero-order valence-electron chi connectivity index (χ0n) is 14.8. The van der Waals surface area contributed by atoms with Gasteiger partial charge in [0, 0.05) is 6.07 Å². The lowest BCUT2D eigenvalue weighted by Gasteiger charge is -2.11. The predicted octanol–water partition coefficient (Wildman–Crippen LogP) is 2.59. The summed E-state index contributed by atoms with van der Waals surface area (Å²) in [7, 11) is 1.51. The van der Waals surface area contributed by atoms with Crippen molar-refractivity contribution in [2.24, 2.45) is 0 Å². The molecule has 1 aromatic heterocycles. The minimum Gasteiger partial charge on any atom is -0.493 e. The summed E-state index contributed by atoms with van der Waals surface area (Å²) in [6, 6.07) is 6.86. The average Bonchev–Trinajstić information content (AvgIpc) is 3.03. The van der Waals surface area contributed by atoms with Gasteiger partial charge in [0.15, 0.2) is 30.5 Å². The highest BCUT2D eigenvalue weighted by molar-refractivity contribution is 5.92. The summed E-state index contributed by atoms with van der Waals surface area (Å²) in [5.74, 6) is 0.495. The second-order valence-corrected chi connectivity index (χ2v) is 5.23. The van der Waals surface area contributed by atoms with Crippen LogP contribution in [0.3, 0.4) is 0 Å². The van der Waals surface area contributed by atoms with Crippen LogP contribution in [0, 0.1) is 6.92 Å².